The van der Waals surface area contributed by atoms with Gasteiger partial charge in [0.2, 0.25) is 0 Å². The highest BCUT2D eigenvalue weighted by atomic mass is 32.2. The fourth-order valence-electron chi connectivity index (χ4n) is 2.88. The highest BCUT2D eigenvalue weighted by Gasteiger charge is 2.21. The number of rotatable bonds is 5. The average Bonchev–Trinajstić information content (AvgIpc) is 2.59. The van der Waals surface area contributed by atoms with Gasteiger partial charge in [0.05, 0.1) is 10.6 Å². The third-order valence-corrected chi connectivity index (χ3v) is 5.48. The van der Waals surface area contributed by atoms with Crippen molar-refractivity contribution < 1.29 is 27.1 Å². The number of anilines is 1. The Balaban J connectivity index is 1.89. The molecule has 6 nitrogen and oxygen atoms in total. The lowest BCUT2D eigenvalue weighted by Gasteiger charge is -2.11. The Morgan fingerprint density at radius 1 is 0.931 bits per heavy atom. The van der Waals surface area contributed by atoms with Gasteiger partial charge in [-0.3, -0.25) is 9.71 Å². The van der Waals surface area contributed by atoms with Crippen LogP contribution in [-0.4, -0.2) is 24.5 Å². The third-order valence-electron chi connectivity index (χ3n) is 4.09. The Labute approximate surface area is 165 Å². The lowest BCUT2D eigenvalue weighted by Crippen LogP contribution is -2.14. The zero-order valence-electron chi connectivity index (χ0n) is 15.4. The first-order valence-electron chi connectivity index (χ1n) is 8.38. The van der Waals surface area contributed by atoms with Crippen LogP contribution in [0.15, 0.2) is 53.4 Å². The molecule has 3 rings (SSSR count). The topological polar surface area (TPSA) is 96.4 Å². The van der Waals surface area contributed by atoms with Crippen molar-refractivity contribution in [1.82, 2.24) is 4.98 Å². The number of pyridine rings is 1. The number of carbonyl (C=O) groups is 1. The fraction of sp³-hybridized carbons (Fsp3) is 0.100. The van der Waals surface area contributed by atoms with Crippen LogP contribution in [0.1, 0.15) is 21.7 Å². The normalized spacial score (nSPS) is 11.3. The SMILES string of the molecule is Cc1cc(-c2ccc(S(=O)(=O)Nc3cc(F)c(C(=O)O)c(F)c3)cc2)cc(C)n1. The molecule has 0 fully saturated rings. The number of hydrogen-bond donors (Lipinski definition) is 2. The molecule has 150 valence electrons. The van der Waals surface area contributed by atoms with Gasteiger partial charge in [0, 0.05) is 11.4 Å². The maximum atomic E-state index is 13.8. The molecule has 29 heavy (non-hydrogen) atoms. The van der Waals surface area contributed by atoms with Crippen LogP contribution in [0, 0.1) is 25.5 Å². The summed E-state index contributed by atoms with van der Waals surface area (Å²) in [5.41, 5.74) is 1.73. The average molecular weight is 418 g/mol. The Kier molecular flexibility index (Phi) is 5.34. The van der Waals surface area contributed by atoms with Gasteiger partial charge in [-0.2, -0.15) is 0 Å². The highest BCUT2D eigenvalue weighted by molar-refractivity contribution is 7.92. The van der Waals surface area contributed by atoms with Crippen LogP contribution in [-0.2, 0) is 10.0 Å². The molecule has 1 aromatic heterocycles. The van der Waals surface area contributed by atoms with E-state index >= 15 is 0 Å². The number of carboxylic acids is 1. The molecule has 0 saturated heterocycles. The third kappa shape index (κ3) is 4.40. The molecule has 3 aromatic rings. The van der Waals surface area contributed by atoms with E-state index in [0.29, 0.717) is 12.1 Å². The van der Waals surface area contributed by atoms with Crippen LogP contribution in [0.5, 0.6) is 0 Å². The van der Waals surface area contributed by atoms with Crippen molar-refractivity contribution in [2.24, 2.45) is 0 Å². The van der Waals surface area contributed by atoms with Crippen molar-refractivity contribution in [3.05, 3.63) is 77.1 Å². The number of nitrogens with zero attached hydrogens (tertiary/aromatic N) is 1. The number of benzene rings is 2. The van der Waals surface area contributed by atoms with E-state index < -0.39 is 38.9 Å². The lowest BCUT2D eigenvalue weighted by atomic mass is 10.1. The first-order valence-corrected chi connectivity index (χ1v) is 9.86. The quantitative estimate of drug-likeness (QED) is 0.649. The fourth-order valence-corrected chi connectivity index (χ4v) is 3.92. The molecule has 0 aliphatic rings. The lowest BCUT2D eigenvalue weighted by molar-refractivity contribution is 0.0686. The van der Waals surface area contributed by atoms with Crippen LogP contribution in [0.3, 0.4) is 0 Å². The maximum Gasteiger partial charge on any atom is 0.341 e. The summed E-state index contributed by atoms with van der Waals surface area (Å²) in [4.78, 5) is 15.0. The highest BCUT2D eigenvalue weighted by Crippen LogP contribution is 2.25. The van der Waals surface area contributed by atoms with Gasteiger partial charge in [-0.05, 0) is 61.4 Å². The minimum atomic E-state index is -4.14. The minimum Gasteiger partial charge on any atom is -0.477 e. The minimum absolute atomic E-state index is 0.119. The number of hydrogen-bond acceptors (Lipinski definition) is 4. The Morgan fingerprint density at radius 2 is 1.45 bits per heavy atom. The number of sulfonamides is 1. The van der Waals surface area contributed by atoms with Gasteiger partial charge in [-0.15, -0.1) is 0 Å². The van der Waals surface area contributed by atoms with Crippen molar-refractivity contribution in [2.75, 3.05) is 4.72 Å². The molecule has 2 N–H and O–H groups in total. The molecule has 0 bridgehead atoms. The second-order valence-electron chi connectivity index (χ2n) is 6.39. The van der Waals surface area contributed by atoms with Gasteiger partial charge < -0.3 is 5.11 Å². The smallest absolute Gasteiger partial charge is 0.341 e. The van der Waals surface area contributed by atoms with E-state index in [-0.39, 0.29) is 4.90 Å². The summed E-state index contributed by atoms with van der Waals surface area (Å²) < 4.78 is 54.7. The number of carboxylic acid groups (broad SMARTS) is 1. The van der Waals surface area contributed by atoms with Crippen molar-refractivity contribution in [3.8, 4) is 11.1 Å². The van der Waals surface area contributed by atoms with E-state index in [0.717, 1.165) is 22.5 Å². The summed E-state index contributed by atoms with van der Waals surface area (Å²) in [6.45, 7) is 3.71. The van der Waals surface area contributed by atoms with E-state index in [4.69, 9.17) is 5.11 Å². The monoisotopic (exact) mass is 418 g/mol. The first-order chi connectivity index (χ1) is 13.6. The Bertz CT molecular complexity index is 1170. The first kappa shape index (κ1) is 20.4. The molecule has 0 aliphatic heterocycles. The van der Waals surface area contributed by atoms with Crippen molar-refractivity contribution in [1.29, 1.82) is 0 Å². The zero-order chi connectivity index (χ0) is 21.3. The number of nitrogens with one attached hydrogen (secondary N) is 1. The Morgan fingerprint density at radius 3 is 1.93 bits per heavy atom. The van der Waals surface area contributed by atoms with E-state index in [9.17, 15) is 22.0 Å². The van der Waals surface area contributed by atoms with Crippen LogP contribution in [0.4, 0.5) is 14.5 Å². The molecule has 0 atom stereocenters. The van der Waals surface area contributed by atoms with Gasteiger partial charge >= 0.3 is 5.97 Å². The molecular weight excluding hydrogens is 402 g/mol. The summed E-state index contributed by atoms with van der Waals surface area (Å²) in [7, 11) is -4.14. The molecule has 1 heterocycles. The Hall–Kier alpha value is -3.33. The largest absolute Gasteiger partial charge is 0.477 e. The second-order valence-corrected chi connectivity index (χ2v) is 8.07. The summed E-state index contributed by atoms with van der Waals surface area (Å²) >= 11 is 0. The van der Waals surface area contributed by atoms with Crippen LogP contribution >= 0.6 is 0 Å². The van der Waals surface area contributed by atoms with Gasteiger partial charge in [-0.25, -0.2) is 22.0 Å². The molecule has 0 aliphatic carbocycles. The summed E-state index contributed by atoms with van der Waals surface area (Å²) in [6, 6.07) is 10.9. The number of aromatic carboxylic acids is 1. The van der Waals surface area contributed by atoms with Crippen molar-refractivity contribution >= 4 is 21.7 Å². The van der Waals surface area contributed by atoms with E-state index in [1.54, 1.807) is 12.1 Å². The van der Waals surface area contributed by atoms with Gasteiger partial charge in [0.25, 0.3) is 10.0 Å². The standard InChI is InChI=1S/C20H16F2N2O4S/c1-11-7-14(8-12(2)23-11)13-3-5-16(6-4-13)29(27,28)24-15-9-17(21)19(20(25)26)18(22)10-15/h3-10,24H,1-2H3,(H,25,26). The molecule has 0 spiro atoms. The predicted octanol–water partition coefficient (Wildman–Crippen LogP) is 4.14. The molecule has 0 unspecified atom stereocenters. The van der Waals surface area contributed by atoms with E-state index in [1.807, 2.05) is 30.7 Å². The summed E-state index contributed by atoms with van der Waals surface area (Å²) in [5.74, 6) is -4.55. The van der Waals surface area contributed by atoms with Crippen LogP contribution in [0.2, 0.25) is 0 Å². The predicted molar refractivity (Wildman–Crippen MR) is 103 cm³/mol. The zero-order valence-corrected chi connectivity index (χ0v) is 16.2. The van der Waals surface area contributed by atoms with Crippen LogP contribution < -0.4 is 4.72 Å². The van der Waals surface area contributed by atoms with Crippen LogP contribution in [0.25, 0.3) is 11.1 Å². The summed E-state index contributed by atoms with van der Waals surface area (Å²) in [6.07, 6.45) is 0. The summed E-state index contributed by atoms with van der Waals surface area (Å²) in [5, 5.41) is 8.78. The molecular formula is C20H16F2N2O4S. The number of aromatic nitrogens is 1. The van der Waals surface area contributed by atoms with Crippen molar-refractivity contribution in [2.45, 2.75) is 18.7 Å². The van der Waals surface area contributed by atoms with E-state index in [2.05, 4.69) is 4.98 Å². The molecule has 2 aromatic carbocycles. The number of halogens is 2. The van der Waals surface area contributed by atoms with E-state index in [1.165, 1.54) is 12.1 Å². The van der Waals surface area contributed by atoms with Gasteiger partial charge in [0.15, 0.2) is 0 Å². The molecule has 9 heteroatoms. The number of aryl methyl sites for hydroxylation is 2. The van der Waals surface area contributed by atoms with Gasteiger partial charge in [0.1, 0.15) is 17.2 Å². The maximum absolute atomic E-state index is 13.8. The van der Waals surface area contributed by atoms with Gasteiger partial charge in [-0.1, -0.05) is 12.1 Å². The second kappa shape index (κ2) is 7.59. The molecule has 0 amide bonds. The molecule has 0 radical (unpaired) electrons. The van der Waals surface area contributed by atoms with Crippen molar-refractivity contribution in [3.63, 3.8) is 0 Å². The molecule has 0 saturated carbocycles.